The average molecular weight is 434 g/mol. The summed E-state index contributed by atoms with van der Waals surface area (Å²) < 4.78 is 67.9. The molecule has 3 aromatic rings. The molecule has 3 rings (SSSR count). The first-order valence-corrected chi connectivity index (χ1v) is 9.71. The van der Waals surface area contributed by atoms with Gasteiger partial charge in [-0.1, -0.05) is 25.1 Å². The summed E-state index contributed by atoms with van der Waals surface area (Å²) in [6, 6.07) is 14.5. The maximum Gasteiger partial charge on any atom is 0.387 e. The van der Waals surface area contributed by atoms with Crippen LogP contribution in [0, 0.1) is 24.5 Å². The Morgan fingerprint density at radius 3 is 2.10 bits per heavy atom. The molecule has 1 atom stereocenters. The highest BCUT2D eigenvalue weighted by atomic mass is 19.3. The molecule has 0 aliphatic rings. The summed E-state index contributed by atoms with van der Waals surface area (Å²) in [5, 5.41) is 0. The van der Waals surface area contributed by atoms with Crippen molar-refractivity contribution >= 4 is 0 Å². The van der Waals surface area contributed by atoms with Gasteiger partial charge in [-0.15, -0.1) is 0 Å². The lowest BCUT2D eigenvalue weighted by atomic mass is 10.0. The van der Waals surface area contributed by atoms with Crippen LogP contribution in [-0.4, -0.2) is 13.2 Å². The van der Waals surface area contributed by atoms with Gasteiger partial charge in [-0.25, -0.2) is 8.78 Å². The van der Waals surface area contributed by atoms with Gasteiger partial charge in [-0.3, -0.25) is 0 Å². The van der Waals surface area contributed by atoms with E-state index in [-0.39, 0.29) is 35.5 Å². The monoisotopic (exact) mass is 434 g/mol. The molecule has 0 N–H and O–H groups in total. The Morgan fingerprint density at radius 1 is 0.806 bits per heavy atom. The quantitative estimate of drug-likeness (QED) is 0.342. The summed E-state index contributed by atoms with van der Waals surface area (Å²) >= 11 is 0. The van der Waals surface area contributed by atoms with E-state index in [0.29, 0.717) is 12.0 Å². The molecule has 3 aromatic carbocycles. The predicted molar refractivity (Wildman–Crippen MR) is 109 cm³/mol. The lowest BCUT2D eigenvalue weighted by Crippen LogP contribution is -2.12. The largest absolute Gasteiger partial charge is 0.489 e. The van der Waals surface area contributed by atoms with Crippen LogP contribution in [0.3, 0.4) is 0 Å². The molecule has 1 unspecified atom stereocenters. The zero-order chi connectivity index (χ0) is 22.4. The Hall–Kier alpha value is -3.22. The van der Waals surface area contributed by atoms with Crippen LogP contribution in [0.5, 0.6) is 23.0 Å². The fraction of sp³-hybridized carbons (Fsp3) is 0.250. The van der Waals surface area contributed by atoms with Gasteiger partial charge in [-0.05, 0) is 72.9 Å². The summed E-state index contributed by atoms with van der Waals surface area (Å²) in [6.07, 6.45) is 0.622. The molecule has 7 heteroatoms. The van der Waals surface area contributed by atoms with Gasteiger partial charge in [0.25, 0.3) is 0 Å². The highest BCUT2D eigenvalue weighted by molar-refractivity contribution is 5.49. The normalized spacial score (nSPS) is 12.0. The van der Waals surface area contributed by atoms with Crippen LogP contribution in [0.2, 0.25) is 0 Å². The fourth-order valence-electron chi connectivity index (χ4n) is 3.03. The number of hydrogen-bond donors (Lipinski definition) is 0. The topological polar surface area (TPSA) is 27.7 Å². The first-order valence-electron chi connectivity index (χ1n) is 9.71. The summed E-state index contributed by atoms with van der Waals surface area (Å²) in [5.74, 6) is -0.369. The van der Waals surface area contributed by atoms with Crippen molar-refractivity contribution in [3.63, 3.8) is 0 Å². The van der Waals surface area contributed by atoms with E-state index >= 15 is 0 Å². The fourth-order valence-corrected chi connectivity index (χ4v) is 3.03. The van der Waals surface area contributed by atoms with Gasteiger partial charge < -0.3 is 14.2 Å². The highest BCUT2D eigenvalue weighted by Gasteiger charge is 2.17. The van der Waals surface area contributed by atoms with Gasteiger partial charge >= 0.3 is 6.61 Å². The van der Waals surface area contributed by atoms with Crippen molar-refractivity contribution in [1.29, 1.82) is 0 Å². The van der Waals surface area contributed by atoms with Crippen LogP contribution >= 0.6 is 0 Å². The van der Waals surface area contributed by atoms with Crippen LogP contribution in [-0.2, 0) is 6.42 Å². The molecule has 0 saturated carbocycles. The van der Waals surface area contributed by atoms with Gasteiger partial charge in [0.2, 0.25) is 5.75 Å². The third kappa shape index (κ3) is 6.38. The van der Waals surface area contributed by atoms with Crippen molar-refractivity contribution < 1.29 is 31.8 Å². The molecule has 31 heavy (non-hydrogen) atoms. The number of rotatable bonds is 9. The van der Waals surface area contributed by atoms with E-state index in [1.165, 1.54) is 42.5 Å². The molecule has 0 spiro atoms. The van der Waals surface area contributed by atoms with Crippen molar-refractivity contribution in [1.82, 2.24) is 0 Å². The minimum absolute atomic E-state index is 0.0446. The average Bonchev–Trinajstić information content (AvgIpc) is 2.73. The van der Waals surface area contributed by atoms with Crippen LogP contribution < -0.4 is 14.2 Å². The molecule has 0 fully saturated rings. The Balaban J connectivity index is 1.66. The summed E-state index contributed by atoms with van der Waals surface area (Å²) in [6.45, 7) is 1.15. The van der Waals surface area contributed by atoms with E-state index in [0.717, 1.165) is 5.56 Å². The van der Waals surface area contributed by atoms with E-state index in [1.807, 2.05) is 6.92 Å². The van der Waals surface area contributed by atoms with Crippen LogP contribution in [0.25, 0.3) is 0 Å². The SMILES string of the molecule is Cc1ccc(F)c(Oc2ccc(F)cc2)c1OCC(C)Cc1ccc(OC(F)F)cc1. The molecule has 0 aliphatic heterocycles. The maximum absolute atomic E-state index is 14.5. The summed E-state index contributed by atoms with van der Waals surface area (Å²) in [5.41, 5.74) is 1.62. The number of ether oxygens (including phenoxy) is 3. The number of aryl methyl sites for hydroxylation is 1. The van der Waals surface area contributed by atoms with Crippen LogP contribution in [0.15, 0.2) is 60.7 Å². The minimum atomic E-state index is -2.86. The zero-order valence-electron chi connectivity index (χ0n) is 17.1. The molecule has 0 radical (unpaired) electrons. The van der Waals surface area contributed by atoms with Crippen molar-refractivity contribution in [3.8, 4) is 23.0 Å². The lowest BCUT2D eigenvalue weighted by Gasteiger charge is -2.18. The first-order chi connectivity index (χ1) is 14.8. The van der Waals surface area contributed by atoms with Crippen LogP contribution in [0.1, 0.15) is 18.1 Å². The van der Waals surface area contributed by atoms with Crippen molar-refractivity contribution in [2.24, 2.45) is 5.92 Å². The molecule has 0 saturated heterocycles. The number of hydrogen-bond acceptors (Lipinski definition) is 3. The van der Waals surface area contributed by atoms with Crippen molar-refractivity contribution in [3.05, 3.63) is 83.4 Å². The predicted octanol–water partition coefficient (Wildman–Crippen LogP) is 6.92. The lowest BCUT2D eigenvalue weighted by molar-refractivity contribution is -0.0498. The van der Waals surface area contributed by atoms with E-state index in [1.54, 1.807) is 25.1 Å². The Bertz CT molecular complexity index is 989. The van der Waals surface area contributed by atoms with Crippen molar-refractivity contribution in [2.75, 3.05) is 6.61 Å². The molecule has 0 bridgehead atoms. The van der Waals surface area contributed by atoms with Crippen molar-refractivity contribution in [2.45, 2.75) is 26.9 Å². The molecule has 3 nitrogen and oxygen atoms in total. The Kier molecular flexibility index (Phi) is 7.39. The summed E-state index contributed by atoms with van der Waals surface area (Å²) in [4.78, 5) is 0. The smallest absolute Gasteiger partial charge is 0.387 e. The van der Waals surface area contributed by atoms with Gasteiger partial charge in [0.15, 0.2) is 11.6 Å². The van der Waals surface area contributed by atoms with Gasteiger partial charge in [0, 0.05) is 0 Å². The summed E-state index contributed by atoms with van der Waals surface area (Å²) in [7, 11) is 0. The second-order valence-electron chi connectivity index (χ2n) is 7.22. The number of benzene rings is 3. The van der Waals surface area contributed by atoms with Crippen LogP contribution in [0.4, 0.5) is 17.6 Å². The molecule has 164 valence electrons. The first kappa shape index (κ1) is 22.5. The van der Waals surface area contributed by atoms with E-state index < -0.39 is 18.2 Å². The maximum atomic E-state index is 14.5. The van der Waals surface area contributed by atoms with E-state index in [9.17, 15) is 17.6 Å². The molecular formula is C24H22F4O3. The zero-order valence-corrected chi connectivity index (χ0v) is 17.1. The van der Waals surface area contributed by atoms with E-state index in [4.69, 9.17) is 9.47 Å². The second kappa shape index (κ2) is 10.2. The standard InChI is InChI=1S/C24H22F4O3/c1-15(13-17-4-8-20(9-5-17)31-24(27)28)14-29-22-16(2)3-12-21(26)23(22)30-19-10-6-18(25)7-11-19/h3-12,15,24H,13-14H2,1-2H3. The molecule has 0 aromatic heterocycles. The Labute approximate surface area is 178 Å². The minimum Gasteiger partial charge on any atom is -0.489 e. The molecule has 0 amide bonds. The van der Waals surface area contributed by atoms with E-state index in [2.05, 4.69) is 4.74 Å². The Morgan fingerprint density at radius 2 is 1.45 bits per heavy atom. The highest BCUT2D eigenvalue weighted by Crippen LogP contribution is 2.37. The van der Waals surface area contributed by atoms with Gasteiger partial charge in [-0.2, -0.15) is 8.78 Å². The molecule has 0 heterocycles. The third-order valence-corrected chi connectivity index (χ3v) is 4.54. The second-order valence-corrected chi connectivity index (χ2v) is 7.22. The molecular weight excluding hydrogens is 412 g/mol. The number of alkyl halides is 2. The van der Waals surface area contributed by atoms with Gasteiger partial charge in [0.05, 0.1) is 6.61 Å². The third-order valence-electron chi connectivity index (χ3n) is 4.54. The van der Waals surface area contributed by atoms with Gasteiger partial charge in [0.1, 0.15) is 17.3 Å². The number of halogens is 4. The molecule has 0 aliphatic carbocycles.